The van der Waals surface area contributed by atoms with Crippen LogP contribution in [0.1, 0.15) is 37.5 Å². The second-order valence-electron chi connectivity index (χ2n) is 6.77. The number of urea groups is 1. The van der Waals surface area contributed by atoms with E-state index in [1.54, 1.807) is 23.3 Å². The second kappa shape index (κ2) is 6.55. The number of nitrogens with one attached hydrogen (secondary N) is 1. The minimum absolute atomic E-state index is 0.103. The Morgan fingerprint density at radius 3 is 2.92 bits per heavy atom. The summed E-state index contributed by atoms with van der Waals surface area (Å²) in [5.41, 5.74) is -0.804. The van der Waals surface area contributed by atoms with Gasteiger partial charge in [0.05, 0.1) is 6.54 Å². The van der Waals surface area contributed by atoms with Gasteiger partial charge in [0.15, 0.2) is 0 Å². The van der Waals surface area contributed by atoms with Gasteiger partial charge in [0.2, 0.25) is 5.91 Å². The van der Waals surface area contributed by atoms with E-state index in [2.05, 4.69) is 5.32 Å². The van der Waals surface area contributed by atoms with Gasteiger partial charge in [-0.25, -0.2) is 4.79 Å². The molecular weight excluding hydrogens is 326 g/mol. The summed E-state index contributed by atoms with van der Waals surface area (Å²) in [6, 6.07) is 3.46. The monoisotopic (exact) mass is 349 g/mol. The predicted octanol–water partition coefficient (Wildman–Crippen LogP) is 2.21. The molecule has 1 spiro atoms. The first-order chi connectivity index (χ1) is 11.4. The van der Waals surface area contributed by atoms with Crippen molar-refractivity contribution >= 4 is 29.2 Å². The van der Waals surface area contributed by atoms with Crippen molar-refractivity contribution in [1.29, 1.82) is 0 Å². The van der Waals surface area contributed by atoms with Gasteiger partial charge in [0.1, 0.15) is 12.1 Å². The van der Waals surface area contributed by atoms with E-state index in [0.717, 1.165) is 29.0 Å². The van der Waals surface area contributed by atoms with Gasteiger partial charge in [-0.2, -0.15) is 0 Å². The molecule has 1 saturated heterocycles. The quantitative estimate of drug-likeness (QED) is 0.847. The number of carbonyl (C=O) groups excluding carboxylic acids is 3. The van der Waals surface area contributed by atoms with Crippen LogP contribution >= 0.6 is 11.3 Å². The first kappa shape index (κ1) is 17.0. The lowest BCUT2D eigenvalue weighted by atomic mass is 9.73. The number of rotatable bonds is 4. The van der Waals surface area contributed by atoms with E-state index in [-0.39, 0.29) is 24.3 Å². The summed E-state index contributed by atoms with van der Waals surface area (Å²) in [5.74, 6) is -0.364. The Bertz CT molecular complexity index is 646. The molecule has 3 rings (SSSR count). The highest BCUT2D eigenvalue weighted by molar-refractivity contribution is 7.09. The van der Waals surface area contributed by atoms with Crippen LogP contribution in [0.3, 0.4) is 0 Å². The highest BCUT2D eigenvalue weighted by Gasteiger charge is 2.55. The SMILES string of the molecule is CC1CCCCC12NC(=O)N(CC(=O)N(C)Cc1cccs1)C2=O. The molecule has 1 aromatic rings. The van der Waals surface area contributed by atoms with Crippen LogP contribution in [0.15, 0.2) is 17.5 Å². The van der Waals surface area contributed by atoms with Crippen LogP contribution in [0.5, 0.6) is 0 Å². The van der Waals surface area contributed by atoms with Crippen molar-refractivity contribution in [2.45, 2.75) is 44.7 Å². The van der Waals surface area contributed by atoms with Crippen LogP contribution < -0.4 is 5.32 Å². The van der Waals surface area contributed by atoms with Gasteiger partial charge in [-0.1, -0.05) is 25.8 Å². The van der Waals surface area contributed by atoms with E-state index in [0.29, 0.717) is 13.0 Å². The number of thiophene rings is 1. The van der Waals surface area contributed by atoms with Gasteiger partial charge >= 0.3 is 6.03 Å². The molecule has 7 heteroatoms. The first-order valence-corrected chi connectivity index (χ1v) is 9.22. The number of likely N-dealkylation sites (N-methyl/N-ethyl adjacent to an activating group) is 1. The lowest BCUT2D eigenvalue weighted by molar-refractivity contribution is -0.140. The minimum Gasteiger partial charge on any atom is -0.339 e. The molecule has 2 aliphatic rings. The Balaban J connectivity index is 1.67. The third-order valence-electron chi connectivity index (χ3n) is 5.19. The van der Waals surface area contributed by atoms with E-state index in [1.165, 1.54) is 0 Å². The summed E-state index contributed by atoms with van der Waals surface area (Å²) in [6.45, 7) is 2.30. The van der Waals surface area contributed by atoms with Crippen LogP contribution in [0.25, 0.3) is 0 Å². The molecule has 1 N–H and O–H groups in total. The fourth-order valence-corrected chi connectivity index (χ4v) is 4.38. The third kappa shape index (κ3) is 2.92. The zero-order valence-electron chi connectivity index (χ0n) is 14.1. The summed E-state index contributed by atoms with van der Waals surface area (Å²) in [6.07, 6.45) is 3.59. The molecule has 2 unspecified atom stereocenters. The molecule has 0 bridgehead atoms. The van der Waals surface area contributed by atoms with E-state index in [4.69, 9.17) is 0 Å². The van der Waals surface area contributed by atoms with Gasteiger partial charge in [0.25, 0.3) is 5.91 Å². The molecule has 130 valence electrons. The molecule has 2 atom stereocenters. The maximum atomic E-state index is 12.9. The second-order valence-corrected chi connectivity index (χ2v) is 7.80. The zero-order valence-corrected chi connectivity index (χ0v) is 14.9. The molecular formula is C17H23N3O3S. The molecule has 2 heterocycles. The van der Waals surface area contributed by atoms with Crippen LogP contribution in [-0.4, -0.2) is 46.8 Å². The molecule has 0 aromatic carbocycles. The number of amides is 4. The maximum Gasteiger partial charge on any atom is 0.325 e. The topological polar surface area (TPSA) is 69.7 Å². The van der Waals surface area contributed by atoms with Gasteiger partial charge < -0.3 is 10.2 Å². The zero-order chi connectivity index (χ0) is 17.3. The summed E-state index contributed by atoms with van der Waals surface area (Å²) in [4.78, 5) is 41.3. The highest BCUT2D eigenvalue weighted by Crippen LogP contribution is 2.38. The maximum absolute atomic E-state index is 12.9. The third-order valence-corrected chi connectivity index (χ3v) is 6.05. The molecule has 24 heavy (non-hydrogen) atoms. The fraction of sp³-hybridized carbons (Fsp3) is 0.588. The number of imide groups is 1. The first-order valence-electron chi connectivity index (χ1n) is 8.34. The number of hydrogen-bond donors (Lipinski definition) is 1. The van der Waals surface area contributed by atoms with Gasteiger partial charge in [-0.3, -0.25) is 14.5 Å². The van der Waals surface area contributed by atoms with Crippen molar-refractivity contribution < 1.29 is 14.4 Å². The minimum atomic E-state index is -0.804. The van der Waals surface area contributed by atoms with Gasteiger partial charge in [-0.05, 0) is 30.2 Å². The van der Waals surface area contributed by atoms with Crippen LogP contribution in [0, 0.1) is 5.92 Å². The van der Waals surface area contributed by atoms with E-state index in [1.807, 2.05) is 24.4 Å². The van der Waals surface area contributed by atoms with E-state index < -0.39 is 11.6 Å². The molecule has 2 fully saturated rings. The van der Waals surface area contributed by atoms with Crippen molar-refractivity contribution in [3.63, 3.8) is 0 Å². The molecule has 4 amide bonds. The standard InChI is InChI=1S/C17H23N3O3S/c1-12-6-3-4-8-17(12)15(22)20(16(23)18-17)11-14(21)19(2)10-13-7-5-9-24-13/h5,7,9,12H,3-4,6,8,10-11H2,1-2H3,(H,18,23). The van der Waals surface area contributed by atoms with Crippen molar-refractivity contribution in [2.24, 2.45) is 5.92 Å². The highest BCUT2D eigenvalue weighted by atomic mass is 32.1. The Kier molecular flexibility index (Phi) is 4.62. The van der Waals surface area contributed by atoms with E-state index in [9.17, 15) is 14.4 Å². The number of nitrogens with zero attached hydrogens (tertiary/aromatic N) is 2. The smallest absolute Gasteiger partial charge is 0.325 e. The van der Waals surface area contributed by atoms with Crippen molar-refractivity contribution in [2.75, 3.05) is 13.6 Å². The summed E-state index contributed by atoms with van der Waals surface area (Å²) >= 11 is 1.58. The van der Waals surface area contributed by atoms with Crippen LogP contribution in [-0.2, 0) is 16.1 Å². The number of hydrogen-bond acceptors (Lipinski definition) is 4. The summed E-state index contributed by atoms with van der Waals surface area (Å²) in [5, 5.41) is 4.84. The van der Waals surface area contributed by atoms with Crippen molar-refractivity contribution in [1.82, 2.24) is 15.1 Å². The molecule has 0 radical (unpaired) electrons. The van der Waals surface area contributed by atoms with Crippen molar-refractivity contribution in [3.8, 4) is 0 Å². The van der Waals surface area contributed by atoms with Crippen LogP contribution in [0.4, 0.5) is 4.79 Å². The van der Waals surface area contributed by atoms with Crippen molar-refractivity contribution in [3.05, 3.63) is 22.4 Å². The molecule has 1 aliphatic heterocycles. The van der Waals surface area contributed by atoms with Gasteiger partial charge in [0, 0.05) is 11.9 Å². The lowest BCUT2D eigenvalue weighted by Gasteiger charge is -2.36. The Labute approximate surface area is 145 Å². The predicted molar refractivity (Wildman–Crippen MR) is 91.4 cm³/mol. The summed E-state index contributed by atoms with van der Waals surface area (Å²) < 4.78 is 0. The average molecular weight is 349 g/mol. The molecule has 6 nitrogen and oxygen atoms in total. The average Bonchev–Trinajstić information content (AvgIpc) is 3.13. The Morgan fingerprint density at radius 1 is 1.46 bits per heavy atom. The Hall–Kier alpha value is -1.89. The number of carbonyl (C=O) groups is 3. The summed E-state index contributed by atoms with van der Waals surface area (Å²) in [7, 11) is 1.69. The normalized spacial score (nSPS) is 26.8. The fourth-order valence-electron chi connectivity index (χ4n) is 3.62. The molecule has 1 saturated carbocycles. The lowest BCUT2D eigenvalue weighted by Crippen LogP contribution is -2.54. The van der Waals surface area contributed by atoms with E-state index >= 15 is 0 Å². The Morgan fingerprint density at radius 2 is 2.25 bits per heavy atom. The molecule has 1 aromatic heterocycles. The van der Waals surface area contributed by atoms with Crippen LogP contribution in [0.2, 0.25) is 0 Å². The van der Waals surface area contributed by atoms with Gasteiger partial charge in [-0.15, -0.1) is 11.3 Å². The molecule has 1 aliphatic carbocycles. The largest absolute Gasteiger partial charge is 0.339 e.